The number of phenolic OH excluding ortho intramolecular Hbond substituents is 1. The highest BCUT2D eigenvalue weighted by Crippen LogP contribution is 2.21. The number of aromatic hydroxyl groups is 1. The van der Waals surface area contributed by atoms with E-state index >= 15 is 9.59 Å². The quantitative estimate of drug-likeness (QED) is 0.0132. The van der Waals surface area contributed by atoms with Crippen molar-refractivity contribution in [3.05, 3.63) is 138 Å². The van der Waals surface area contributed by atoms with Gasteiger partial charge in [-0.3, -0.25) is 62.3 Å². The fourth-order valence-electron chi connectivity index (χ4n) is 10.4. The van der Waals surface area contributed by atoms with Crippen molar-refractivity contribution >= 4 is 94.0 Å². The highest BCUT2D eigenvalue weighted by Gasteiger charge is 2.37. The van der Waals surface area contributed by atoms with Gasteiger partial charge in [0.1, 0.15) is 66.4 Å². The zero-order valence-corrected chi connectivity index (χ0v) is 54.6. The molecule has 1 aromatic heterocycles. The summed E-state index contributed by atoms with van der Waals surface area (Å²) in [6.45, 7) is 1.36. The molecule has 0 radical (unpaired) electrons. The number of rotatable bonds is 43. The predicted molar refractivity (Wildman–Crippen MR) is 359 cm³/mol. The Hall–Kier alpha value is -11.1. The lowest BCUT2D eigenvalue weighted by Crippen LogP contribution is -2.61. The summed E-state index contributed by atoms with van der Waals surface area (Å²) in [7, 11) is 0. The molecule has 1 heterocycles. The Morgan fingerprint density at radius 3 is 1.25 bits per heavy atom. The van der Waals surface area contributed by atoms with Crippen molar-refractivity contribution in [3.8, 4) is 5.75 Å². The van der Waals surface area contributed by atoms with Gasteiger partial charge in [-0.1, -0.05) is 91.0 Å². The van der Waals surface area contributed by atoms with Crippen LogP contribution in [0.15, 0.2) is 115 Å². The number of aldehydes is 1. The molecule has 532 valence electrons. The Morgan fingerprint density at radius 2 is 0.808 bits per heavy atom. The monoisotopic (exact) mass is 1370 g/mol. The maximum atomic E-state index is 15.1. The highest BCUT2D eigenvalue weighted by atomic mass is 16.3. The zero-order valence-electron chi connectivity index (χ0n) is 54.6. The molecule has 0 unspecified atom stereocenters. The lowest BCUT2D eigenvalue weighted by atomic mass is 10.00. The van der Waals surface area contributed by atoms with Gasteiger partial charge in [0, 0.05) is 62.0 Å². The maximum Gasteiger partial charge on any atom is 0.243 e. The van der Waals surface area contributed by atoms with Gasteiger partial charge in [0.2, 0.25) is 76.8 Å². The van der Waals surface area contributed by atoms with Crippen LogP contribution in [0.25, 0.3) is 10.9 Å². The Bertz CT molecular complexity index is 3610. The van der Waals surface area contributed by atoms with Gasteiger partial charge in [-0.25, -0.2) is 0 Å². The number of fused-ring (bicyclic) bond motifs is 1. The molecule has 32 heteroatoms. The Labute approximate surface area is 569 Å². The number of carbonyl (C=O) groups excluding carboxylic acids is 14. The molecular formula is C67H88N16O16. The van der Waals surface area contributed by atoms with Crippen molar-refractivity contribution in [1.82, 2.24) is 52.8 Å². The third-order valence-electron chi connectivity index (χ3n) is 15.8. The third kappa shape index (κ3) is 26.8. The lowest BCUT2D eigenvalue weighted by Gasteiger charge is -2.28. The molecule has 13 amide bonds. The summed E-state index contributed by atoms with van der Waals surface area (Å²) in [5.41, 5.74) is 36.3. The molecule has 0 saturated heterocycles. The number of phenols is 1. The van der Waals surface area contributed by atoms with Gasteiger partial charge in [0.15, 0.2) is 0 Å². The first kappa shape index (κ1) is 78.6. The van der Waals surface area contributed by atoms with Crippen LogP contribution in [0.3, 0.4) is 0 Å². The lowest BCUT2D eigenvalue weighted by molar-refractivity contribution is -0.136. The Kier molecular flexibility index (Phi) is 31.6. The summed E-state index contributed by atoms with van der Waals surface area (Å²) in [4.78, 5) is 193. The molecule has 11 atom stereocenters. The topological polar surface area (TPSA) is 560 Å². The van der Waals surface area contributed by atoms with E-state index in [-0.39, 0.29) is 69.9 Å². The number of benzene rings is 4. The first-order chi connectivity index (χ1) is 47.1. The molecular weight excluding hydrogens is 1280 g/mol. The minimum atomic E-state index is -1.86. The molecule has 4 aromatic carbocycles. The van der Waals surface area contributed by atoms with E-state index < -0.39 is 175 Å². The fraction of sp³-hybridized carbons (Fsp3) is 0.403. The molecule has 0 aliphatic heterocycles. The van der Waals surface area contributed by atoms with Crippen molar-refractivity contribution < 1.29 is 77.3 Å². The SMILES string of the molecule is C[C@@H](O)[C@@H](C=O)NC(=O)[C@H](CCC(N)=O)NC(=O)[C@H](Cc1ccccc1)NC(=O)[C@H](CC(N)=O)NC(=O)[C@H](CCCCN)NC(=O)[C@H](Cc1c[nH]c2ccccc12)NC(=O)[C@H](Cc1ccccc1)NC(=O)[C@H](CCC(N)=O)NC(=O)[C@H](Cc1ccc(O)cc1)NC(=O)[C@@H](N)CCC(N)=O. The molecule has 0 saturated carbocycles. The van der Waals surface area contributed by atoms with E-state index in [1.807, 2.05) is 0 Å². The average molecular weight is 1370 g/mol. The molecule has 5 aromatic rings. The van der Waals surface area contributed by atoms with Gasteiger partial charge in [0.05, 0.1) is 18.6 Å². The van der Waals surface area contributed by atoms with Gasteiger partial charge < -0.3 is 102 Å². The minimum absolute atomic E-state index is 0.108. The van der Waals surface area contributed by atoms with Crippen molar-refractivity contribution in [2.75, 3.05) is 6.54 Å². The number of carbonyl (C=O) groups is 14. The number of primary amides is 4. The van der Waals surface area contributed by atoms with Crippen molar-refractivity contribution in [2.45, 2.75) is 163 Å². The van der Waals surface area contributed by atoms with Crippen molar-refractivity contribution in [1.29, 1.82) is 0 Å². The van der Waals surface area contributed by atoms with Crippen LogP contribution in [-0.2, 0) is 92.8 Å². The summed E-state index contributed by atoms with van der Waals surface area (Å²) >= 11 is 0. The van der Waals surface area contributed by atoms with E-state index in [0.29, 0.717) is 39.6 Å². The molecule has 0 aliphatic rings. The normalized spacial score (nSPS) is 14.4. The fourth-order valence-corrected chi connectivity index (χ4v) is 10.4. The number of nitrogens with two attached hydrogens (primary N) is 6. The average Bonchev–Trinajstić information content (AvgIpc) is 1.81. The molecule has 0 spiro atoms. The number of aromatic nitrogens is 1. The number of hydrogen-bond acceptors (Lipinski definition) is 18. The number of hydrogen-bond donors (Lipinski definition) is 18. The number of para-hydroxylation sites is 1. The number of unbranched alkanes of at least 4 members (excludes halogenated alkanes) is 1. The number of aliphatic hydroxyl groups is 1. The molecule has 0 aliphatic carbocycles. The molecule has 24 N–H and O–H groups in total. The standard InChI is InChI=1S/C67H88N16O16/c1-37(85)54(36-84)83-62(94)48(25-28-57(72)89)77-64(96)50(30-38-12-4-2-5-13-38)80-67(99)53(34-58(73)90)82-60(92)46(18-10-11-29-68)75-66(98)52(33-41-35-74-45-17-9-8-16-43(41)45)81-65(97)51(31-39-14-6-3-7-15-39)79-61(93)47(24-27-56(71)88)76-63(95)49(32-40-19-21-42(86)22-20-40)78-59(91)44(69)23-26-55(70)87/h2-9,12-17,19-22,35-37,44,46-54,74,85-86H,10-11,18,23-34,68-69H2,1H3,(H2,70,87)(H2,71,88)(H2,72,89)(H2,73,90)(H,75,98)(H,76,95)(H,77,96)(H,78,91)(H,79,93)(H,80,99)(H,81,97)(H,82,92)(H,83,94)/t37-,44+,46+,47+,48+,49+,50+,51+,52+,53+,54-/m1/s1. The largest absolute Gasteiger partial charge is 0.508 e. The molecule has 0 bridgehead atoms. The molecule has 32 nitrogen and oxygen atoms in total. The second kappa shape index (κ2) is 39.8. The predicted octanol–water partition coefficient (Wildman–Crippen LogP) is -3.78. The molecule has 5 rings (SSSR count). The van der Waals surface area contributed by atoms with E-state index in [4.69, 9.17) is 34.4 Å². The van der Waals surface area contributed by atoms with Crippen LogP contribution >= 0.6 is 0 Å². The third-order valence-corrected chi connectivity index (χ3v) is 15.8. The second-order valence-corrected chi connectivity index (χ2v) is 23.8. The van der Waals surface area contributed by atoms with Gasteiger partial charge >= 0.3 is 0 Å². The number of H-pyrrole nitrogens is 1. The van der Waals surface area contributed by atoms with E-state index in [1.165, 1.54) is 31.2 Å². The van der Waals surface area contributed by atoms with E-state index in [0.717, 1.165) is 0 Å². The van der Waals surface area contributed by atoms with Crippen molar-refractivity contribution in [2.24, 2.45) is 34.4 Å². The van der Waals surface area contributed by atoms with Crippen LogP contribution in [-0.4, -0.2) is 171 Å². The minimum Gasteiger partial charge on any atom is -0.508 e. The van der Waals surface area contributed by atoms with Crippen LogP contribution < -0.4 is 82.3 Å². The van der Waals surface area contributed by atoms with E-state index in [2.05, 4.69) is 52.8 Å². The van der Waals surface area contributed by atoms with E-state index in [1.54, 1.807) is 91.1 Å². The number of aromatic amines is 1. The first-order valence-electron chi connectivity index (χ1n) is 32.0. The summed E-state index contributed by atoms with van der Waals surface area (Å²) in [6, 6.07) is 13.4. The Balaban J connectivity index is 1.48. The summed E-state index contributed by atoms with van der Waals surface area (Å²) in [5.74, 6) is -12.7. The Morgan fingerprint density at radius 1 is 0.434 bits per heavy atom. The second-order valence-electron chi connectivity index (χ2n) is 23.8. The van der Waals surface area contributed by atoms with Crippen LogP contribution in [0, 0.1) is 0 Å². The molecule has 0 fully saturated rings. The van der Waals surface area contributed by atoms with Gasteiger partial charge in [-0.05, 0) is 92.4 Å². The first-order valence-corrected chi connectivity index (χ1v) is 32.0. The number of nitrogens with one attached hydrogen (secondary N) is 10. The van der Waals surface area contributed by atoms with Gasteiger partial charge in [-0.15, -0.1) is 0 Å². The maximum absolute atomic E-state index is 15.1. The van der Waals surface area contributed by atoms with Crippen LogP contribution in [0.2, 0.25) is 0 Å². The van der Waals surface area contributed by atoms with Crippen LogP contribution in [0.4, 0.5) is 0 Å². The summed E-state index contributed by atoms with van der Waals surface area (Å²) < 4.78 is 0. The highest BCUT2D eigenvalue weighted by molar-refractivity contribution is 6.00. The van der Waals surface area contributed by atoms with E-state index in [9.17, 15) is 67.7 Å². The van der Waals surface area contributed by atoms with Gasteiger partial charge in [-0.2, -0.15) is 0 Å². The van der Waals surface area contributed by atoms with Crippen LogP contribution in [0.5, 0.6) is 5.75 Å². The van der Waals surface area contributed by atoms with Gasteiger partial charge in [0.25, 0.3) is 0 Å². The zero-order chi connectivity index (χ0) is 72.7. The van der Waals surface area contributed by atoms with Crippen molar-refractivity contribution in [3.63, 3.8) is 0 Å². The number of aliphatic hydroxyl groups excluding tert-OH is 1. The molecule has 99 heavy (non-hydrogen) atoms. The van der Waals surface area contributed by atoms with Crippen LogP contribution in [0.1, 0.15) is 93.4 Å². The summed E-state index contributed by atoms with van der Waals surface area (Å²) in [6.07, 6.45) is -3.27. The smallest absolute Gasteiger partial charge is 0.243 e. The number of amides is 13. The summed E-state index contributed by atoms with van der Waals surface area (Å²) in [5, 5.41) is 43.5.